The smallest absolute Gasteiger partial charge is 0.382 e. The minimum atomic E-state index is -4.67. The lowest BCUT2D eigenvalue weighted by Crippen LogP contribution is -2.28. The molecule has 4 aromatic heterocycles. The van der Waals surface area contributed by atoms with Gasteiger partial charge in [0.1, 0.15) is 17.9 Å². The van der Waals surface area contributed by atoms with Gasteiger partial charge in [-0.05, 0) is 12.8 Å². The van der Waals surface area contributed by atoms with Crippen molar-refractivity contribution < 1.29 is 32.4 Å². The van der Waals surface area contributed by atoms with E-state index in [4.69, 9.17) is 30.0 Å². The quantitative estimate of drug-likeness (QED) is 0.238. The molecule has 40 heavy (non-hydrogen) atoms. The van der Waals surface area contributed by atoms with Crippen molar-refractivity contribution in [3.8, 4) is 0 Å². The van der Waals surface area contributed by atoms with Gasteiger partial charge in [0.05, 0.1) is 31.5 Å². The Bertz CT molecular complexity index is 1710. The van der Waals surface area contributed by atoms with Crippen LogP contribution in [0.5, 0.6) is 0 Å². The largest absolute Gasteiger partial charge is 0.472 e. The molecule has 3 fully saturated rings. The number of phosphoric ester groups is 1. The van der Waals surface area contributed by atoms with Crippen LogP contribution in [0.15, 0.2) is 23.8 Å². The lowest BCUT2D eigenvalue weighted by atomic mass is 9.92. The van der Waals surface area contributed by atoms with Gasteiger partial charge in [0.25, 0.3) is 5.56 Å². The van der Waals surface area contributed by atoms with E-state index >= 15 is 4.39 Å². The highest BCUT2D eigenvalue weighted by molar-refractivity contribution is 7.47. The van der Waals surface area contributed by atoms with Crippen LogP contribution in [0.25, 0.3) is 22.3 Å². The van der Waals surface area contributed by atoms with E-state index in [1.165, 1.54) is 28.1 Å². The monoisotopic (exact) mass is 578 g/mol. The molecule has 0 spiro atoms. The first-order valence-corrected chi connectivity index (χ1v) is 13.9. The fourth-order valence-corrected chi connectivity index (χ4v) is 6.60. The zero-order valence-corrected chi connectivity index (χ0v) is 21.5. The van der Waals surface area contributed by atoms with E-state index in [9.17, 15) is 14.3 Å². The first-order valence-electron chi connectivity index (χ1n) is 12.4. The third kappa shape index (κ3) is 4.15. The molecule has 0 amide bonds. The van der Waals surface area contributed by atoms with Crippen LogP contribution in [0, 0.1) is 5.92 Å². The number of nitrogens with two attached hydrogens (primary N) is 2. The van der Waals surface area contributed by atoms with Gasteiger partial charge in [-0.2, -0.15) is 4.98 Å². The summed E-state index contributed by atoms with van der Waals surface area (Å²) in [7, 11) is -4.67. The summed E-state index contributed by atoms with van der Waals surface area (Å²) in [4.78, 5) is 45.6. The maximum atomic E-state index is 16.0. The first-order chi connectivity index (χ1) is 19.2. The Balaban J connectivity index is 1.18. The minimum Gasteiger partial charge on any atom is -0.382 e. The van der Waals surface area contributed by atoms with E-state index in [0.717, 1.165) is 0 Å². The number of phosphoric acid groups is 1. The lowest BCUT2D eigenvalue weighted by molar-refractivity contribution is -0.0578. The third-order valence-electron chi connectivity index (χ3n) is 7.50. The Hall–Kier alpha value is -3.54. The number of H-pyrrole nitrogens is 1. The maximum absolute atomic E-state index is 16.0. The molecule has 0 saturated carbocycles. The number of fused-ring (bicyclic) bond motifs is 5. The average molecular weight is 578 g/mol. The minimum absolute atomic E-state index is 0.0147. The van der Waals surface area contributed by atoms with Gasteiger partial charge in [-0.15, -0.1) is 0 Å². The molecule has 7 unspecified atom stereocenters. The normalized spacial score (nSPS) is 34.7. The van der Waals surface area contributed by atoms with Gasteiger partial charge in [0.2, 0.25) is 5.95 Å². The Morgan fingerprint density at radius 1 is 1.02 bits per heavy atom. The van der Waals surface area contributed by atoms with Gasteiger partial charge in [0, 0.05) is 12.3 Å². The van der Waals surface area contributed by atoms with Crippen LogP contribution in [0.1, 0.15) is 31.7 Å². The van der Waals surface area contributed by atoms with Gasteiger partial charge in [-0.1, -0.05) is 0 Å². The number of aromatic amines is 1. The van der Waals surface area contributed by atoms with Crippen molar-refractivity contribution in [2.75, 3.05) is 18.1 Å². The SMILES string of the molecule is Nc1nc2c(ncn2C2OC3CCC4C(COP(=O)(O)O[C@H]2C3)OC(n2cnc3c(N)ncnc32)C4F)c(=O)[nH]1. The van der Waals surface area contributed by atoms with E-state index in [-0.39, 0.29) is 29.4 Å². The lowest BCUT2D eigenvalue weighted by Gasteiger charge is -2.25. The van der Waals surface area contributed by atoms with Crippen LogP contribution in [0.3, 0.4) is 0 Å². The summed E-state index contributed by atoms with van der Waals surface area (Å²) in [6, 6.07) is 0. The van der Waals surface area contributed by atoms with E-state index in [2.05, 4.69) is 29.9 Å². The molecule has 0 aromatic carbocycles. The topological polar surface area (TPSA) is 233 Å². The predicted molar refractivity (Wildman–Crippen MR) is 133 cm³/mol. The maximum Gasteiger partial charge on any atom is 0.472 e. The number of hydrogen-bond acceptors (Lipinski definition) is 13. The van der Waals surface area contributed by atoms with Crippen LogP contribution in [-0.4, -0.2) is 75.0 Å². The Labute approximate surface area is 223 Å². The molecular formula is C21H24FN10O7P. The average Bonchev–Trinajstić information content (AvgIpc) is 3.66. The fraction of sp³-hybridized carbons (Fsp3) is 0.524. The molecule has 3 saturated heterocycles. The van der Waals surface area contributed by atoms with Crippen molar-refractivity contribution in [1.82, 2.24) is 39.0 Å². The van der Waals surface area contributed by atoms with Crippen molar-refractivity contribution in [2.24, 2.45) is 5.92 Å². The summed E-state index contributed by atoms with van der Waals surface area (Å²) in [6.07, 6.45) is -1.14. The van der Waals surface area contributed by atoms with Crippen LogP contribution < -0.4 is 17.0 Å². The number of nitrogen functional groups attached to an aromatic ring is 2. The molecule has 6 N–H and O–H groups in total. The van der Waals surface area contributed by atoms with Crippen molar-refractivity contribution in [2.45, 2.75) is 56.2 Å². The van der Waals surface area contributed by atoms with Crippen LogP contribution in [0.4, 0.5) is 16.2 Å². The number of imidazole rings is 2. The van der Waals surface area contributed by atoms with Crippen LogP contribution in [0.2, 0.25) is 0 Å². The molecule has 2 bridgehead atoms. The van der Waals surface area contributed by atoms with Crippen molar-refractivity contribution in [1.29, 1.82) is 0 Å². The molecule has 17 nitrogen and oxygen atoms in total. The number of anilines is 2. The molecule has 7 heterocycles. The Morgan fingerprint density at radius 2 is 1.80 bits per heavy atom. The number of ether oxygens (including phenoxy) is 2. The van der Waals surface area contributed by atoms with Gasteiger partial charge >= 0.3 is 7.82 Å². The standard InChI is InChI=1S/C21H24FN10O7P/c22-12-9-2-1-8-3-10(19(37-8)32-7-28-14-17(32)29-21(24)30-18(14)33)39-40(34,35)36-4-11(9)38-20(12)31-6-27-13-15(23)25-5-26-16(13)31/h5-12,19-20H,1-4H2,(H,34,35)(H2,23,25,26)(H3,24,29,30,33)/t8?,9?,10-,11?,12?,19?,20?/m0/s1. The number of nitrogens with zero attached hydrogens (tertiary/aromatic N) is 7. The highest BCUT2D eigenvalue weighted by atomic mass is 31.2. The number of aromatic nitrogens is 8. The van der Waals surface area contributed by atoms with E-state index in [0.29, 0.717) is 24.0 Å². The van der Waals surface area contributed by atoms with E-state index < -0.39 is 62.8 Å². The summed E-state index contributed by atoms with van der Waals surface area (Å²) in [5.74, 6) is -0.702. The first kappa shape index (κ1) is 25.4. The van der Waals surface area contributed by atoms with Gasteiger partial charge in [0.15, 0.2) is 41.3 Å². The second kappa shape index (κ2) is 9.25. The summed E-state index contributed by atoms with van der Waals surface area (Å²) in [5.41, 5.74) is 11.8. The Morgan fingerprint density at radius 3 is 2.62 bits per heavy atom. The molecule has 7 rings (SSSR count). The van der Waals surface area contributed by atoms with Crippen molar-refractivity contribution in [3.05, 3.63) is 29.3 Å². The summed E-state index contributed by atoms with van der Waals surface area (Å²) in [5, 5.41) is 0. The molecule has 3 aliphatic heterocycles. The second-order valence-corrected chi connectivity index (χ2v) is 11.3. The van der Waals surface area contributed by atoms with Gasteiger partial charge < -0.3 is 25.8 Å². The molecule has 4 aromatic rings. The van der Waals surface area contributed by atoms with E-state index in [1.54, 1.807) is 0 Å². The molecule has 8 atom stereocenters. The summed E-state index contributed by atoms with van der Waals surface area (Å²) >= 11 is 0. The number of nitrogens with one attached hydrogen (secondary N) is 1. The summed E-state index contributed by atoms with van der Waals surface area (Å²) in [6.45, 7) is -0.399. The molecular weight excluding hydrogens is 554 g/mol. The van der Waals surface area contributed by atoms with Crippen molar-refractivity contribution >= 4 is 41.9 Å². The number of rotatable bonds is 2. The number of alkyl halides is 1. The highest BCUT2D eigenvalue weighted by Crippen LogP contribution is 2.52. The van der Waals surface area contributed by atoms with E-state index in [1.807, 2.05) is 0 Å². The fourth-order valence-electron chi connectivity index (χ4n) is 5.67. The van der Waals surface area contributed by atoms with Gasteiger partial charge in [-0.3, -0.25) is 28.0 Å². The molecule has 0 aliphatic carbocycles. The predicted octanol–water partition coefficient (Wildman–Crippen LogP) is 0.559. The Kier molecular flexibility index (Phi) is 5.88. The molecule has 0 radical (unpaired) electrons. The van der Waals surface area contributed by atoms with Crippen molar-refractivity contribution in [3.63, 3.8) is 0 Å². The van der Waals surface area contributed by atoms with Gasteiger partial charge in [-0.25, -0.2) is 28.9 Å². The highest BCUT2D eigenvalue weighted by Gasteiger charge is 2.50. The number of halogens is 1. The molecule has 19 heteroatoms. The number of hydrogen-bond donors (Lipinski definition) is 4. The van der Waals surface area contributed by atoms with Crippen LogP contribution >= 0.6 is 7.82 Å². The molecule has 3 aliphatic rings. The van der Waals surface area contributed by atoms with Crippen LogP contribution in [-0.2, 0) is 23.1 Å². The molecule has 212 valence electrons. The third-order valence-corrected chi connectivity index (χ3v) is 8.51. The zero-order valence-electron chi connectivity index (χ0n) is 20.6. The zero-order chi connectivity index (χ0) is 27.8. The second-order valence-electron chi connectivity index (χ2n) is 9.90. The summed E-state index contributed by atoms with van der Waals surface area (Å²) < 4.78 is 54.8.